The number of nitrogens with one attached hydrogen (secondary N) is 1. The number of hydrogen-bond acceptors (Lipinski definition) is 2. The van der Waals surface area contributed by atoms with E-state index in [0.29, 0.717) is 6.42 Å². The van der Waals surface area contributed by atoms with Crippen LogP contribution in [0, 0.1) is 0 Å². The predicted molar refractivity (Wildman–Crippen MR) is 101 cm³/mol. The van der Waals surface area contributed by atoms with Gasteiger partial charge in [0, 0.05) is 6.42 Å². The molecule has 0 radical (unpaired) electrons. The van der Waals surface area contributed by atoms with Crippen molar-refractivity contribution >= 4 is 5.91 Å². The van der Waals surface area contributed by atoms with E-state index in [2.05, 4.69) is 30.4 Å². The number of fused-ring (bicyclic) bond motifs is 1. The number of carbonyl (C=O) groups excluding carboxylic acids is 1. The van der Waals surface area contributed by atoms with E-state index in [0.717, 1.165) is 17.7 Å². The van der Waals surface area contributed by atoms with Gasteiger partial charge in [-0.25, -0.2) is 0 Å². The van der Waals surface area contributed by atoms with Crippen molar-refractivity contribution in [1.29, 1.82) is 0 Å². The minimum atomic E-state index is 0.0463. The van der Waals surface area contributed by atoms with Crippen LogP contribution in [0.5, 0.6) is 5.75 Å². The van der Waals surface area contributed by atoms with Gasteiger partial charge >= 0.3 is 0 Å². The van der Waals surface area contributed by atoms with Crippen molar-refractivity contribution in [2.24, 2.45) is 0 Å². The third-order valence-electron chi connectivity index (χ3n) is 5.02. The Balaban J connectivity index is 1.55. The number of rotatable bonds is 6. The molecule has 1 aliphatic carbocycles. The fourth-order valence-electron chi connectivity index (χ4n) is 3.51. The van der Waals surface area contributed by atoms with E-state index in [1.807, 2.05) is 24.3 Å². The van der Waals surface area contributed by atoms with Gasteiger partial charge in [0.15, 0.2) is 0 Å². The van der Waals surface area contributed by atoms with E-state index >= 15 is 0 Å². The lowest BCUT2D eigenvalue weighted by molar-refractivity contribution is -0.121. The molecule has 0 aromatic heterocycles. The van der Waals surface area contributed by atoms with Crippen LogP contribution >= 0.6 is 0 Å². The Hall–Kier alpha value is -2.29. The van der Waals surface area contributed by atoms with Gasteiger partial charge in [0.1, 0.15) is 5.75 Å². The molecule has 2 aromatic rings. The largest absolute Gasteiger partial charge is 0.497 e. The van der Waals surface area contributed by atoms with Crippen molar-refractivity contribution in [3.8, 4) is 5.75 Å². The Labute approximate surface area is 150 Å². The fourth-order valence-corrected chi connectivity index (χ4v) is 3.51. The highest BCUT2D eigenvalue weighted by Gasteiger charge is 2.14. The van der Waals surface area contributed by atoms with Gasteiger partial charge in [0.05, 0.1) is 13.2 Å². The van der Waals surface area contributed by atoms with Crippen LogP contribution in [0.3, 0.4) is 0 Å². The number of methoxy groups -OCH3 is 1. The third-order valence-corrected chi connectivity index (χ3v) is 5.02. The first-order valence-corrected chi connectivity index (χ1v) is 9.19. The highest BCUT2D eigenvalue weighted by molar-refractivity contribution is 5.76. The van der Waals surface area contributed by atoms with Gasteiger partial charge in [-0.05, 0) is 73.4 Å². The molecule has 0 saturated heterocycles. The lowest BCUT2D eigenvalue weighted by atomic mass is 9.89. The molecule has 1 atom stereocenters. The highest BCUT2D eigenvalue weighted by atomic mass is 16.5. The Morgan fingerprint density at radius 3 is 2.72 bits per heavy atom. The number of aryl methyl sites for hydroxylation is 3. The van der Waals surface area contributed by atoms with E-state index in [9.17, 15) is 4.79 Å². The lowest BCUT2D eigenvalue weighted by Gasteiger charge is -2.20. The summed E-state index contributed by atoms with van der Waals surface area (Å²) in [6.07, 6.45) is 6.14. The highest BCUT2D eigenvalue weighted by Crippen LogP contribution is 2.25. The van der Waals surface area contributed by atoms with Crippen LogP contribution in [-0.4, -0.2) is 13.0 Å². The Bertz CT molecular complexity index is 739. The maximum atomic E-state index is 12.3. The second-order valence-corrected chi connectivity index (χ2v) is 6.88. The maximum Gasteiger partial charge on any atom is 0.220 e. The minimum Gasteiger partial charge on any atom is -0.497 e. The van der Waals surface area contributed by atoms with Gasteiger partial charge in [-0.3, -0.25) is 4.79 Å². The summed E-state index contributed by atoms with van der Waals surface area (Å²) in [5, 5.41) is 3.13. The molecule has 3 nitrogen and oxygen atoms in total. The van der Waals surface area contributed by atoms with Crippen LogP contribution in [0.4, 0.5) is 0 Å². The zero-order valence-electron chi connectivity index (χ0n) is 15.2. The molecule has 0 spiro atoms. The van der Waals surface area contributed by atoms with Crippen molar-refractivity contribution in [2.45, 2.75) is 51.5 Å². The van der Waals surface area contributed by atoms with E-state index in [1.165, 1.54) is 42.4 Å². The molecule has 0 aliphatic heterocycles. The van der Waals surface area contributed by atoms with Gasteiger partial charge < -0.3 is 10.1 Å². The van der Waals surface area contributed by atoms with Gasteiger partial charge in [-0.2, -0.15) is 0 Å². The molecule has 1 unspecified atom stereocenters. The molecule has 0 fully saturated rings. The molecule has 0 bridgehead atoms. The summed E-state index contributed by atoms with van der Waals surface area (Å²) in [5.74, 6) is 0.924. The summed E-state index contributed by atoms with van der Waals surface area (Å²) in [4.78, 5) is 12.3. The monoisotopic (exact) mass is 337 g/mol. The number of amides is 1. The summed E-state index contributed by atoms with van der Waals surface area (Å²) < 4.78 is 5.23. The quantitative estimate of drug-likeness (QED) is 0.849. The smallest absolute Gasteiger partial charge is 0.220 e. The summed E-state index contributed by atoms with van der Waals surface area (Å²) in [6.45, 7) is 2.06. The standard InChI is InChI=1S/C22H27NO2/c1-16(19-12-11-18-7-3-4-8-20(18)15-19)23-22(24)13-10-17-6-5-9-21(14-17)25-2/h5-6,9,11-12,14-16H,3-4,7-8,10,13H2,1-2H3,(H,23,24). The number of ether oxygens (including phenoxy) is 1. The molecule has 1 amide bonds. The summed E-state index contributed by atoms with van der Waals surface area (Å²) >= 11 is 0. The zero-order chi connectivity index (χ0) is 17.6. The van der Waals surface area contributed by atoms with Crippen molar-refractivity contribution in [1.82, 2.24) is 5.32 Å². The molecule has 0 saturated carbocycles. The fraction of sp³-hybridized carbons (Fsp3) is 0.409. The van der Waals surface area contributed by atoms with Crippen LogP contribution in [0.15, 0.2) is 42.5 Å². The molecule has 2 aromatic carbocycles. The Morgan fingerprint density at radius 2 is 1.92 bits per heavy atom. The Morgan fingerprint density at radius 1 is 1.12 bits per heavy atom. The van der Waals surface area contributed by atoms with Crippen LogP contribution in [0.25, 0.3) is 0 Å². The van der Waals surface area contributed by atoms with E-state index in [4.69, 9.17) is 4.74 Å². The van der Waals surface area contributed by atoms with Crippen molar-refractivity contribution in [2.75, 3.05) is 7.11 Å². The first kappa shape index (κ1) is 17.5. The summed E-state index contributed by atoms with van der Waals surface area (Å²) in [5.41, 5.74) is 5.26. The normalized spacial score (nSPS) is 14.5. The molecule has 1 aliphatic rings. The first-order valence-electron chi connectivity index (χ1n) is 9.19. The molecule has 0 heterocycles. The molecule has 132 valence electrons. The number of hydrogen-bond donors (Lipinski definition) is 1. The van der Waals surface area contributed by atoms with Gasteiger partial charge in [0.2, 0.25) is 5.91 Å². The second-order valence-electron chi connectivity index (χ2n) is 6.88. The number of carbonyl (C=O) groups is 1. The van der Waals surface area contributed by atoms with E-state index < -0.39 is 0 Å². The topological polar surface area (TPSA) is 38.3 Å². The van der Waals surface area contributed by atoms with Crippen LogP contribution in [0.1, 0.15) is 54.5 Å². The molecule has 25 heavy (non-hydrogen) atoms. The lowest BCUT2D eigenvalue weighted by Crippen LogP contribution is -2.27. The van der Waals surface area contributed by atoms with Gasteiger partial charge in [-0.1, -0.05) is 30.3 Å². The van der Waals surface area contributed by atoms with Crippen LogP contribution in [0.2, 0.25) is 0 Å². The van der Waals surface area contributed by atoms with Crippen molar-refractivity contribution in [3.05, 3.63) is 64.7 Å². The Kier molecular flexibility index (Phi) is 5.75. The summed E-state index contributed by atoms with van der Waals surface area (Å²) in [6, 6.07) is 14.6. The second kappa shape index (κ2) is 8.19. The van der Waals surface area contributed by atoms with E-state index in [1.54, 1.807) is 7.11 Å². The van der Waals surface area contributed by atoms with Crippen molar-refractivity contribution in [3.63, 3.8) is 0 Å². The SMILES string of the molecule is COc1cccc(CCC(=O)NC(C)c2ccc3c(c2)CCCC3)c1. The molecular formula is C22H27NO2. The van der Waals surface area contributed by atoms with Crippen LogP contribution < -0.4 is 10.1 Å². The third kappa shape index (κ3) is 4.62. The zero-order valence-corrected chi connectivity index (χ0v) is 15.2. The van der Waals surface area contributed by atoms with Crippen molar-refractivity contribution < 1.29 is 9.53 Å². The first-order chi connectivity index (χ1) is 12.2. The average molecular weight is 337 g/mol. The molecular weight excluding hydrogens is 310 g/mol. The minimum absolute atomic E-state index is 0.0463. The molecule has 3 heteroatoms. The number of benzene rings is 2. The maximum absolute atomic E-state index is 12.3. The van der Waals surface area contributed by atoms with Gasteiger partial charge in [0.25, 0.3) is 0 Å². The molecule has 3 rings (SSSR count). The van der Waals surface area contributed by atoms with Gasteiger partial charge in [-0.15, -0.1) is 0 Å². The molecule has 1 N–H and O–H groups in total. The van der Waals surface area contributed by atoms with Crippen LogP contribution in [-0.2, 0) is 24.1 Å². The average Bonchev–Trinajstić information content (AvgIpc) is 2.66. The summed E-state index contributed by atoms with van der Waals surface area (Å²) in [7, 11) is 1.66. The van der Waals surface area contributed by atoms with E-state index in [-0.39, 0.29) is 11.9 Å². The predicted octanol–water partition coefficient (Wildman–Crippen LogP) is 4.38.